The minimum atomic E-state index is -0.651. The molecule has 0 radical (unpaired) electrons. The monoisotopic (exact) mass is 226 g/mol. The van der Waals surface area contributed by atoms with E-state index in [9.17, 15) is 14.3 Å². The Kier molecular flexibility index (Phi) is 4.25. The quantitative estimate of drug-likeness (QED) is 0.697. The summed E-state index contributed by atoms with van der Waals surface area (Å²) in [5.74, 6) is -1.41. The zero-order valence-corrected chi connectivity index (χ0v) is 9.03. The van der Waals surface area contributed by atoms with Gasteiger partial charge < -0.3 is 16.2 Å². The summed E-state index contributed by atoms with van der Waals surface area (Å²) in [4.78, 5) is 10.6. The molecule has 0 aliphatic heterocycles. The summed E-state index contributed by atoms with van der Waals surface area (Å²) in [6.07, 6.45) is 0.204. The predicted octanol–water partition coefficient (Wildman–Crippen LogP) is 0.885. The van der Waals surface area contributed by atoms with Crippen molar-refractivity contribution in [3.63, 3.8) is 0 Å². The largest absolute Gasteiger partial charge is 0.505 e. The molecule has 1 aromatic carbocycles. The van der Waals surface area contributed by atoms with Gasteiger partial charge in [0.05, 0.1) is 0 Å². The van der Waals surface area contributed by atoms with Crippen LogP contribution in [0, 0.1) is 5.82 Å². The van der Waals surface area contributed by atoms with Gasteiger partial charge in [0.2, 0.25) is 5.91 Å². The molecule has 0 heterocycles. The molecular formula is C11H15FN2O2. The second-order valence-corrected chi connectivity index (χ2v) is 3.70. The lowest BCUT2D eigenvalue weighted by molar-refractivity contribution is -0.118. The van der Waals surface area contributed by atoms with E-state index in [-0.39, 0.29) is 24.8 Å². The first-order valence-corrected chi connectivity index (χ1v) is 4.98. The Morgan fingerprint density at radius 1 is 1.62 bits per heavy atom. The number of hydrogen-bond acceptors (Lipinski definition) is 3. The number of carbonyl (C=O) groups excluding carboxylic acids is 1. The number of nitrogens with one attached hydrogen (secondary N) is 1. The third-order valence-corrected chi connectivity index (χ3v) is 2.22. The van der Waals surface area contributed by atoms with Crippen molar-refractivity contribution in [3.8, 4) is 5.75 Å². The number of rotatable bonds is 5. The van der Waals surface area contributed by atoms with Crippen LogP contribution in [-0.2, 0) is 11.3 Å². The molecule has 0 bridgehead atoms. The van der Waals surface area contributed by atoms with Crippen molar-refractivity contribution in [2.45, 2.75) is 25.9 Å². The number of benzene rings is 1. The average Bonchev–Trinajstić information content (AvgIpc) is 2.19. The molecule has 4 nitrogen and oxygen atoms in total. The fourth-order valence-electron chi connectivity index (χ4n) is 1.36. The van der Waals surface area contributed by atoms with E-state index in [0.717, 1.165) is 0 Å². The number of primary amides is 1. The lowest BCUT2D eigenvalue weighted by Crippen LogP contribution is -2.30. The summed E-state index contributed by atoms with van der Waals surface area (Å²) in [5.41, 5.74) is 5.48. The number of phenolic OH excluding ortho intramolecular Hbond substituents is 1. The number of carbonyl (C=O) groups is 1. The molecule has 1 aromatic rings. The molecule has 0 aromatic heterocycles. The van der Waals surface area contributed by atoms with E-state index in [4.69, 9.17) is 5.73 Å². The van der Waals surface area contributed by atoms with Gasteiger partial charge in [-0.15, -0.1) is 0 Å². The van der Waals surface area contributed by atoms with Crippen LogP contribution in [0.15, 0.2) is 18.2 Å². The average molecular weight is 226 g/mol. The first kappa shape index (κ1) is 12.4. The molecule has 0 fully saturated rings. The molecule has 1 rings (SSSR count). The van der Waals surface area contributed by atoms with Crippen LogP contribution in [0.25, 0.3) is 0 Å². The van der Waals surface area contributed by atoms with Crippen LogP contribution in [-0.4, -0.2) is 17.1 Å². The second kappa shape index (κ2) is 5.46. The van der Waals surface area contributed by atoms with E-state index in [1.165, 1.54) is 12.1 Å². The van der Waals surface area contributed by atoms with Gasteiger partial charge in [-0.1, -0.05) is 12.1 Å². The zero-order valence-electron chi connectivity index (χ0n) is 9.03. The Labute approximate surface area is 93.3 Å². The molecule has 88 valence electrons. The molecule has 1 atom stereocenters. The van der Waals surface area contributed by atoms with Gasteiger partial charge in [-0.05, 0) is 13.0 Å². The van der Waals surface area contributed by atoms with Crippen LogP contribution in [0.2, 0.25) is 0 Å². The predicted molar refractivity (Wildman–Crippen MR) is 58.2 cm³/mol. The Bertz CT molecular complexity index is 382. The SMILES string of the molecule is CC(CC(N)=O)NCc1cccc(F)c1O. The number of hydrogen-bond donors (Lipinski definition) is 3. The minimum absolute atomic E-state index is 0.111. The summed E-state index contributed by atoms with van der Waals surface area (Å²) in [6, 6.07) is 4.21. The van der Waals surface area contributed by atoms with Crippen LogP contribution in [0.4, 0.5) is 4.39 Å². The Morgan fingerprint density at radius 3 is 2.94 bits per heavy atom. The molecule has 1 amide bonds. The van der Waals surface area contributed by atoms with Crippen molar-refractivity contribution < 1.29 is 14.3 Å². The van der Waals surface area contributed by atoms with Crippen molar-refractivity contribution in [1.29, 1.82) is 0 Å². The summed E-state index contributed by atoms with van der Waals surface area (Å²) in [7, 11) is 0. The van der Waals surface area contributed by atoms with E-state index >= 15 is 0 Å². The van der Waals surface area contributed by atoms with Crippen LogP contribution < -0.4 is 11.1 Å². The molecule has 0 aliphatic carbocycles. The smallest absolute Gasteiger partial charge is 0.218 e. The maximum atomic E-state index is 13.0. The number of aromatic hydroxyl groups is 1. The fraction of sp³-hybridized carbons (Fsp3) is 0.364. The van der Waals surface area contributed by atoms with Crippen molar-refractivity contribution >= 4 is 5.91 Å². The summed E-state index contributed by atoms with van der Waals surface area (Å²) < 4.78 is 13.0. The molecule has 4 N–H and O–H groups in total. The Balaban J connectivity index is 2.54. The normalized spacial score (nSPS) is 12.4. The topological polar surface area (TPSA) is 75.4 Å². The molecule has 1 unspecified atom stereocenters. The van der Waals surface area contributed by atoms with E-state index in [1.807, 2.05) is 0 Å². The zero-order chi connectivity index (χ0) is 12.1. The highest BCUT2D eigenvalue weighted by atomic mass is 19.1. The summed E-state index contributed by atoms with van der Waals surface area (Å²) in [6.45, 7) is 2.08. The lowest BCUT2D eigenvalue weighted by Gasteiger charge is -2.12. The van der Waals surface area contributed by atoms with Crippen molar-refractivity contribution in [2.24, 2.45) is 5.73 Å². The van der Waals surface area contributed by atoms with Crippen LogP contribution in [0.1, 0.15) is 18.9 Å². The summed E-state index contributed by atoms with van der Waals surface area (Å²) in [5, 5.41) is 12.4. The molecule has 16 heavy (non-hydrogen) atoms. The standard InChI is InChI=1S/C11H15FN2O2/c1-7(5-10(13)15)14-6-8-3-2-4-9(12)11(8)16/h2-4,7,14,16H,5-6H2,1H3,(H2,13,15). The van der Waals surface area contributed by atoms with Gasteiger partial charge in [0, 0.05) is 24.6 Å². The molecule has 5 heteroatoms. The maximum absolute atomic E-state index is 13.0. The van der Waals surface area contributed by atoms with Gasteiger partial charge in [0.25, 0.3) is 0 Å². The molecule has 0 aliphatic rings. The van der Waals surface area contributed by atoms with Crippen LogP contribution >= 0.6 is 0 Å². The number of para-hydroxylation sites is 1. The van der Waals surface area contributed by atoms with Gasteiger partial charge in [0.15, 0.2) is 11.6 Å². The minimum Gasteiger partial charge on any atom is -0.505 e. The Hall–Kier alpha value is -1.62. The number of amides is 1. The first-order chi connectivity index (χ1) is 7.50. The first-order valence-electron chi connectivity index (χ1n) is 4.98. The number of phenols is 1. The highest BCUT2D eigenvalue weighted by Gasteiger charge is 2.09. The highest BCUT2D eigenvalue weighted by molar-refractivity contribution is 5.74. The molecule has 0 saturated heterocycles. The van der Waals surface area contributed by atoms with Gasteiger partial charge >= 0.3 is 0 Å². The van der Waals surface area contributed by atoms with E-state index < -0.39 is 11.7 Å². The van der Waals surface area contributed by atoms with Gasteiger partial charge in [-0.25, -0.2) is 4.39 Å². The van der Waals surface area contributed by atoms with Crippen LogP contribution in [0.5, 0.6) is 5.75 Å². The highest BCUT2D eigenvalue weighted by Crippen LogP contribution is 2.20. The third kappa shape index (κ3) is 3.51. The van der Waals surface area contributed by atoms with Gasteiger partial charge in [-0.3, -0.25) is 4.79 Å². The fourth-order valence-corrected chi connectivity index (χ4v) is 1.36. The van der Waals surface area contributed by atoms with E-state index in [1.54, 1.807) is 13.0 Å². The lowest BCUT2D eigenvalue weighted by atomic mass is 10.1. The van der Waals surface area contributed by atoms with Crippen molar-refractivity contribution in [1.82, 2.24) is 5.32 Å². The van der Waals surface area contributed by atoms with Gasteiger partial charge in [-0.2, -0.15) is 0 Å². The number of nitrogens with two attached hydrogens (primary N) is 1. The second-order valence-electron chi connectivity index (χ2n) is 3.70. The number of halogens is 1. The Morgan fingerprint density at radius 2 is 2.31 bits per heavy atom. The van der Waals surface area contributed by atoms with E-state index in [0.29, 0.717) is 5.56 Å². The van der Waals surface area contributed by atoms with Crippen LogP contribution in [0.3, 0.4) is 0 Å². The maximum Gasteiger partial charge on any atom is 0.218 e. The van der Waals surface area contributed by atoms with Crippen molar-refractivity contribution in [3.05, 3.63) is 29.6 Å². The molecular weight excluding hydrogens is 211 g/mol. The van der Waals surface area contributed by atoms with E-state index in [2.05, 4.69) is 5.32 Å². The molecule has 0 spiro atoms. The van der Waals surface area contributed by atoms with Gasteiger partial charge in [0.1, 0.15) is 0 Å². The molecule has 0 saturated carbocycles. The summed E-state index contributed by atoms with van der Waals surface area (Å²) >= 11 is 0. The van der Waals surface area contributed by atoms with Crippen molar-refractivity contribution in [2.75, 3.05) is 0 Å². The third-order valence-electron chi connectivity index (χ3n) is 2.22.